The molecular weight excluding hydrogens is 355 g/mol. The van der Waals surface area contributed by atoms with Gasteiger partial charge in [-0.15, -0.1) is 0 Å². The van der Waals surface area contributed by atoms with Crippen molar-refractivity contribution in [2.45, 2.75) is 33.4 Å². The van der Waals surface area contributed by atoms with Gasteiger partial charge < -0.3 is 4.90 Å². The molecule has 2 aromatic rings. The number of carbonyl (C=O) groups excluding carboxylic acids is 1. The number of carbonyl (C=O) groups is 1. The molecule has 0 aliphatic rings. The van der Waals surface area contributed by atoms with Gasteiger partial charge in [-0.05, 0) is 38.5 Å². The molecular formula is C17H19ClF3N3O. The first-order valence-corrected chi connectivity index (χ1v) is 7.99. The summed E-state index contributed by atoms with van der Waals surface area (Å²) in [5.74, 6) is -0.606. The molecule has 0 saturated carbocycles. The molecule has 0 aliphatic heterocycles. The van der Waals surface area contributed by atoms with Gasteiger partial charge in [0.15, 0.2) is 0 Å². The summed E-state index contributed by atoms with van der Waals surface area (Å²) in [6.45, 7) is 4.12. The summed E-state index contributed by atoms with van der Waals surface area (Å²) >= 11 is 6.14. The molecule has 1 amide bonds. The van der Waals surface area contributed by atoms with E-state index in [1.165, 1.54) is 0 Å². The Morgan fingerprint density at radius 1 is 1.28 bits per heavy atom. The fourth-order valence-corrected chi connectivity index (χ4v) is 2.71. The van der Waals surface area contributed by atoms with Crippen molar-refractivity contribution in [1.29, 1.82) is 0 Å². The standard InChI is InChI=1S/C17H19ClF3N3O/c1-10-5-6-13(7-15(10)18)24-12(3)14(11(2)22-24)8-16(25)23(4)9-17(19,20)21/h5-7H,8-9H2,1-4H3. The minimum absolute atomic E-state index is 0.135. The van der Waals surface area contributed by atoms with Gasteiger partial charge in [-0.25, -0.2) is 4.68 Å². The molecule has 0 unspecified atom stereocenters. The second-order valence-electron chi connectivity index (χ2n) is 6.04. The van der Waals surface area contributed by atoms with Crippen molar-refractivity contribution in [2.24, 2.45) is 0 Å². The SMILES string of the molecule is Cc1ccc(-n2nc(C)c(CC(=O)N(C)CC(F)(F)F)c2C)cc1Cl. The van der Waals surface area contributed by atoms with E-state index in [2.05, 4.69) is 5.10 Å². The summed E-state index contributed by atoms with van der Waals surface area (Å²) < 4.78 is 39.0. The Labute approximate surface area is 149 Å². The maximum absolute atomic E-state index is 12.4. The average molecular weight is 374 g/mol. The van der Waals surface area contributed by atoms with Crippen LogP contribution in [0, 0.1) is 20.8 Å². The van der Waals surface area contributed by atoms with Gasteiger partial charge in [-0.3, -0.25) is 4.79 Å². The summed E-state index contributed by atoms with van der Waals surface area (Å²) in [4.78, 5) is 12.8. The van der Waals surface area contributed by atoms with Crippen LogP contribution in [0.1, 0.15) is 22.5 Å². The Bertz CT molecular complexity index is 799. The Morgan fingerprint density at radius 3 is 2.48 bits per heavy atom. The number of hydrogen-bond acceptors (Lipinski definition) is 2. The number of nitrogens with zero attached hydrogens (tertiary/aromatic N) is 3. The first kappa shape index (κ1) is 19.3. The quantitative estimate of drug-likeness (QED) is 0.812. The summed E-state index contributed by atoms with van der Waals surface area (Å²) in [7, 11) is 1.14. The summed E-state index contributed by atoms with van der Waals surface area (Å²) in [5, 5.41) is 4.99. The number of benzene rings is 1. The molecule has 1 aromatic heterocycles. The molecule has 0 aliphatic carbocycles. The van der Waals surface area contributed by atoms with Crippen LogP contribution in [0.5, 0.6) is 0 Å². The third-order valence-corrected chi connectivity index (χ3v) is 4.42. The minimum atomic E-state index is -4.42. The highest BCUT2D eigenvalue weighted by molar-refractivity contribution is 6.31. The van der Waals surface area contributed by atoms with E-state index in [1.807, 2.05) is 19.1 Å². The van der Waals surface area contributed by atoms with E-state index in [0.29, 0.717) is 26.9 Å². The Morgan fingerprint density at radius 2 is 1.92 bits per heavy atom. The van der Waals surface area contributed by atoms with Gasteiger partial charge in [0.1, 0.15) is 6.54 Å². The lowest BCUT2D eigenvalue weighted by Crippen LogP contribution is -2.36. The third-order valence-electron chi connectivity index (χ3n) is 4.01. The summed E-state index contributed by atoms with van der Waals surface area (Å²) in [6.07, 6.45) is -4.55. The number of aromatic nitrogens is 2. The topological polar surface area (TPSA) is 38.1 Å². The number of hydrogen-bond donors (Lipinski definition) is 0. The minimum Gasteiger partial charge on any atom is -0.336 e. The van der Waals surface area contributed by atoms with E-state index in [-0.39, 0.29) is 6.42 Å². The van der Waals surface area contributed by atoms with Crippen molar-refractivity contribution in [3.05, 3.63) is 45.7 Å². The third kappa shape index (κ3) is 4.54. The first-order chi connectivity index (χ1) is 11.5. The van der Waals surface area contributed by atoms with Crippen LogP contribution < -0.4 is 0 Å². The van der Waals surface area contributed by atoms with Crippen LogP contribution >= 0.6 is 11.6 Å². The molecule has 8 heteroatoms. The van der Waals surface area contributed by atoms with E-state index in [0.717, 1.165) is 18.3 Å². The van der Waals surface area contributed by atoms with Crippen molar-refractivity contribution in [3.63, 3.8) is 0 Å². The van der Waals surface area contributed by atoms with Gasteiger partial charge in [-0.2, -0.15) is 18.3 Å². The largest absolute Gasteiger partial charge is 0.406 e. The second kappa shape index (κ2) is 7.07. The van der Waals surface area contributed by atoms with E-state index >= 15 is 0 Å². The zero-order chi connectivity index (χ0) is 18.9. The Kier molecular flexibility index (Phi) is 5.46. The van der Waals surface area contributed by atoms with Crippen LogP contribution in [0.4, 0.5) is 13.2 Å². The molecule has 0 spiro atoms. The van der Waals surface area contributed by atoms with Gasteiger partial charge >= 0.3 is 6.18 Å². The lowest BCUT2D eigenvalue weighted by atomic mass is 10.1. The smallest absolute Gasteiger partial charge is 0.336 e. The fourth-order valence-electron chi connectivity index (χ4n) is 2.54. The molecule has 0 radical (unpaired) electrons. The highest BCUT2D eigenvalue weighted by Crippen LogP contribution is 2.24. The number of likely N-dealkylation sites (N-methyl/N-ethyl adjacent to an activating group) is 1. The van der Waals surface area contributed by atoms with Gasteiger partial charge in [0, 0.05) is 23.3 Å². The molecule has 0 atom stereocenters. The van der Waals surface area contributed by atoms with Gasteiger partial charge in [-0.1, -0.05) is 17.7 Å². The monoisotopic (exact) mass is 373 g/mol. The zero-order valence-electron chi connectivity index (χ0n) is 14.4. The normalized spacial score (nSPS) is 11.7. The molecule has 2 rings (SSSR count). The number of amides is 1. The lowest BCUT2D eigenvalue weighted by molar-refractivity contribution is -0.157. The van der Waals surface area contributed by atoms with Crippen LogP contribution in [0.25, 0.3) is 5.69 Å². The van der Waals surface area contributed by atoms with Crippen LogP contribution in [0.3, 0.4) is 0 Å². The van der Waals surface area contributed by atoms with Crippen LogP contribution in [0.15, 0.2) is 18.2 Å². The highest BCUT2D eigenvalue weighted by atomic mass is 35.5. The zero-order valence-corrected chi connectivity index (χ0v) is 15.2. The summed E-state index contributed by atoms with van der Waals surface area (Å²) in [6, 6.07) is 5.47. The maximum atomic E-state index is 12.4. The predicted molar refractivity (Wildman–Crippen MR) is 90.2 cm³/mol. The van der Waals surface area contributed by atoms with E-state index in [9.17, 15) is 18.0 Å². The highest BCUT2D eigenvalue weighted by Gasteiger charge is 2.31. The maximum Gasteiger partial charge on any atom is 0.406 e. The fraction of sp³-hybridized carbons (Fsp3) is 0.412. The van der Waals surface area contributed by atoms with E-state index < -0.39 is 18.6 Å². The van der Waals surface area contributed by atoms with Crippen molar-refractivity contribution in [2.75, 3.05) is 13.6 Å². The Hall–Kier alpha value is -2.02. The van der Waals surface area contributed by atoms with Gasteiger partial charge in [0.2, 0.25) is 5.91 Å². The molecule has 0 N–H and O–H groups in total. The van der Waals surface area contributed by atoms with E-state index in [4.69, 9.17) is 11.6 Å². The van der Waals surface area contributed by atoms with Crippen molar-refractivity contribution in [1.82, 2.24) is 14.7 Å². The van der Waals surface area contributed by atoms with Crippen molar-refractivity contribution < 1.29 is 18.0 Å². The molecule has 1 heterocycles. The van der Waals surface area contributed by atoms with E-state index in [1.54, 1.807) is 24.6 Å². The first-order valence-electron chi connectivity index (χ1n) is 7.62. The number of aryl methyl sites for hydroxylation is 2. The molecule has 4 nitrogen and oxygen atoms in total. The average Bonchev–Trinajstić information content (AvgIpc) is 2.76. The Balaban J connectivity index is 2.27. The molecule has 136 valence electrons. The van der Waals surface area contributed by atoms with Crippen LogP contribution in [0.2, 0.25) is 5.02 Å². The number of alkyl halides is 3. The van der Waals surface area contributed by atoms with Crippen LogP contribution in [-0.4, -0.2) is 40.4 Å². The van der Waals surface area contributed by atoms with Crippen molar-refractivity contribution >= 4 is 17.5 Å². The van der Waals surface area contributed by atoms with Gasteiger partial charge in [0.25, 0.3) is 0 Å². The molecule has 25 heavy (non-hydrogen) atoms. The predicted octanol–water partition coefficient (Wildman–Crippen LogP) is 4.01. The lowest BCUT2D eigenvalue weighted by Gasteiger charge is -2.19. The molecule has 1 aromatic carbocycles. The molecule has 0 saturated heterocycles. The summed E-state index contributed by atoms with van der Waals surface area (Å²) in [5.41, 5.74) is 3.58. The van der Waals surface area contributed by atoms with Gasteiger partial charge in [0.05, 0.1) is 17.8 Å². The number of halogens is 4. The second-order valence-corrected chi connectivity index (χ2v) is 6.44. The number of rotatable bonds is 4. The molecule has 0 fully saturated rings. The van der Waals surface area contributed by atoms with Crippen LogP contribution in [-0.2, 0) is 11.2 Å². The van der Waals surface area contributed by atoms with Crippen molar-refractivity contribution in [3.8, 4) is 5.69 Å². The molecule has 0 bridgehead atoms.